The van der Waals surface area contributed by atoms with Crippen LogP contribution in [0, 0.1) is 0 Å². The van der Waals surface area contributed by atoms with Gasteiger partial charge in [0.25, 0.3) is 0 Å². The summed E-state index contributed by atoms with van der Waals surface area (Å²) in [6.45, 7) is 3.96. The number of carbonyl (C=O) groups excluding carboxylic acids is 2. The standard InChI is InChI=1S/C28H26O3S2/c1-3-4-5-8-21(29)16-26(30)31-17(2)18-11-12-19-14-23-25(15-20(19)13-18)33-27-22-9-6-7-10-24(22)32-28(23)27/h6-7,9-15,17H,3-5,8,16H2,1-2H3. The lowest BCUT2D eigenvalue weighted by Gasteiger charge is -2.14. The van der Waals surface area contributed by atoms with Gasteiger partial charge in [0.05, 0.1) is 9.40 Å². The smallest absolute Gasteiger partial charge is 0.313 e. The van der Waals surface area contributed by atoms with E-state index in [1.165, 1.54) is 35.0 Å². The van der Waals surface area contributed by atoms with Gasteiger partial charge in [0.2, 0.25) is 0 Å². The van der Waals surface area contributed by atoms with Gasteiger partial charge in [-0.3, -0.25) is 9.59 Å². The highest BCUT2D eigenvalue weighted by Crippen LogP contribution is 2.45. The molecular formula is C28H26O3S2. The van der Waals surface area contributed by atoms with Crippen molar-refractivity contribution in [2.24, 2.45) is 0 Å². The van der Waals surface area contributed by atoms with Gasteiger partial charge in [0, 0.05) is 26.6 Å². The van der Waals surface area contributed by atoms with Crippen LogP contribution in [0.2, 0.25) is 0 Å². The van der Waals surface area contributed by atoms with Crippen LogP contribution < -0.4 is 0 Å². The quantitative estimate of drug-likeness (QED) is 0.128. The van der Waals surface area contributed by atoms with Crippen molar-refractivity contribution >= 4 is 74.8 Å². The van der Waals surface area contributed by atoms with Crippen molar-refractivity contribution in [2.45, 2.75) is 52.1 Å². The number of esters is 1. The number of hydrogen-bond acceptors (Lipinski definition) is 5. The van der Waals surface area contributed by atoms with Gasteiger partial charge in [-0.1, -0.05) is 50.1 Å². The molecule has 0 amide bonds. The average Bonchev–Trinajstić information content (AvgIpc) is 3.33. The highest BCUT2D eigenvalue weighted by Gasteiger charge is 2.17. The third-order valence-electron chi connectivity index (χ3n) is 6.15. The third-order valence-corrected chi connectivity index (χ3v) is 8.67. The summed E-state index contributed by atoms with van der Waals surface area (Å²) in [5.74, 6) is -0.475. The molecule has 0 saturated heterocycles. The molecular weight excluding hydrogens is 448 g/mol. The van der Waals surface area contributed by atoms with E-state index in [1.54, 1.807) is 0 Å². The Labute approximate surface area is 201 Å². The summed E-state index contributed by atoms with van der Waals surface area (Å²) in [6, 6.07) is 19.3. The lowest BCUT2D eigenvalue weighted by molar-refractivity contribution is -0.150. The summed E-state index contributed by atoms with van der Waals surface area (Å²) in [5.41, 5.74) is 0.942. The van der Waals surface area contributed by atoms with Crippen LogP contribution in [0.15, 0.2) is 54.6 Å². The highest BCUT2D eigenvalue weighted by atomic mass is 32.1. The minimum Gasteiger partial charge on any atom is -0.457 e. The fourth-order valence-electron chi connectivity index (χ4n) is 4.35. The van der Waals surface area contributed by atoms with E-state index >= 15 is 0 Å². The predicted molar refractivity (Wildman–Crippen MR) is 140 cm³/mol. The third kappa shape index (κ3) is 4.40. The van der Waals surface area contributed by atoms with Crippen molar-refractivity contribution < 1.29 is 14.3 Å². The van der Waals surface area contributed by atoms with Crippen LogP contribution in [0.25, 0.3) is 40.3 Å². The van der Waals surface area contributed by atoms with E-state index in [1.807, 2.05) is 35.7 Å². The van der Waals surface area contributed by atoms with E-state index in [-0.39, 0.29) is 12.2 Å². The molecule has 2 heterocycles. The fourth-order valence-corrected chi connectivity index (χ4v) is 7.02. The molecule has 5 aromatic rings. The van der Waals surface area contributed by atoms with Gasteiger partial charge in [-0.25, -0.2) is 0 Å². The van der Waals surface area contributed by atoms with Crippen molar-refractivity contribution in [3.8, 4) is 0 Å². The average molecular weight is 475 g/mol. The number of thiophene rings is 2. The number of Topliss-reactive ketones (excluding diaryl/α,β-unsaturated/α-hetero) is 1. The Morgan fingerprint density at radius 1 is 0.879 bits per heavy atom. The van der Waals surface area contributed by atoms with Crippen LogP contribution in [0.4, 0.5) is 0 Å². The molecule has 5 rings (SSSR count). The summed E-state index contributed by atoms with van der Waals surface area (Å²) in [4.78, 5) is 24.2. The SMILES string of the molecule is CCCCCC(=O)CC(=O)OC(C)c1ccc2cc3c(cc2c1)sc1c2ccccc2sc31. The first kappa shape index (κ1) is 22.1. The van der Waals surface area contributed by atoms with E-state index in [4.69, 9.17) is 4.74 Å². The van der Waals surface area contributed by atoms with Crippen molar-refractivity contribution in [2.75, 3.05) is 0 Å². The second-order valence-electron chi connectivity index (χ2n) is 8.62. The first-order valence-corrected chi connectivity index (χ1v) is 13.2. The second-order valence-corrected chi connectivity index (χ2v) is 10.7. The number of carbonyl (C=O) groups is 2. The first-order chi connectivity index (χ1) is 16.0. The summed E-state index contributed by atoms with van der Waals surface area (Å²) < 4.78 is 10.9. The topological polar surface area (TPSA) is 43.4 Å². The molecule has 0 spiro atoms. The van der Waals surface area contributed by atoms with E-state index in [2.05, 4.69) is 55.5 Å². The number of ketones is 1. The molecule has 0 fully saturated rings. The van der Waals surface area contributed by atoms with Gasteiger partial charge < -0.3 is 4.74 Å². The first-order valence-electron chi connectivity index (χ1n) is 11.5. The Bertz CT molecular complexity index is 1490. The molecule has 3 nitrogen and oxygen atoms in total. The zero-order chi connectivity index (χ0) is 22.9. The van der Waals surface area contributed by atoms with Gasteiger partial charge in [-0.05, 0) is 53.9 Å². The maximum atomic E-state index is 12.2. The normalized spacial score (nSPS) is 12.7. The van der Waals surface area contributed by atoms with Crippen LogP contribution in [0.1, 0.15) is 57.6 Å². The van der Waals surface area contributed by atoms with Gasteiger partial charge in [0.1, 0.15) is 18.3 Å². The Morgan fingerprint density at radius 3 is 2.52 bits per heavy atom. The van der Waals surface area contributed by atoms with E-state index in [0.717, 1.165) is 30.2 Å². The van der Waals surface area contributed by atoms with Crippen LogP contribution in [-0.4, -0.2) is 11.8 Å². The number of hydrogen-bond donors (Lipinski definition) is 0. The number of rotatable bonds is 8. The Kier molecular flexibility index (Phi) is 6.17. The number of fused-ring (bicyclic) bond motifs is 6. The molecule has 1 atom stereocenters. The molecule has 0 bridgehead atoms. The summed E-state index contributed by atoms with van der Waals surface area (Å²) in [5, 5.41) is 4.94. The van der Waals surface area contributed by atoms with E-state index in [0.29, 0.717) is 6.42 Å². The lowest BCUT2D eigenvalue weighted by Crippen LogP contribution is -2.13. The predicted octanol–water partition coefficient (Wildman–Crippen LogP) is 8.57. The van der Waals surface area contributed by atoms with Gasteiger partial charge in [-0.2, -0.15) is 0 Å². The molecule has 0 aliphatic heterocycles. The van der Waals surface area contributed by atoms with Gasteiger partial charge in [-0.15, -0.1) is 22.7 Å². The molecule has 0 N–H and O–H groups in total. The lowest BCUT2D eigenvalue weighted by atomic mass is 10.0. The molecule has 2 aromatic heterocycles. The molecule has 3 aromatic carbocycles. The minimum atomic E-state index is -0.440. The van der Waals surface area contributed by atoms with Gasteiger partial charge in [0.15, 0.2) is 0 Å². The maximum Gasteiger partial charge on any atom is 0.313 e. The molecule has 0 radical (unpaired) electrons. The van der Waals surface area contributed by atoms with Crippen LogP contribution in [-0.2, 0) is 14.3 Å². The minimum absolute atomic E-state index is 0.0354. The van der Waals surface area contributed by atoms with Crippen LogP contribution in [0.3, 0.4) is 0 Å². The van der Waals surface area contributed by atoms with Crippen molar-refractivity contribution in [1.29, 1.82) is 0 Å². The van der Waals surface area contributed by atoms with Crippen LogP contribution >= 0.6 is 22.7 Å². The Hall–Kier alpha value is -2.76. The summed E-state index contributed by atoms with van der Waals surface area (Å²) >= 11 is 3.70. The highest BCUT2D eigenvalue weighted by molar-refractivity contribution is 7.36. The number of ether oxygens (including phenoxy) is 1. The summed E-state index contributed by atoms with van der Waals surface area (Å²) in [7, 11) is 0. The van der Waals surface area contributed by atoms with Crippen molar-refractivity contribution in [3.05, 3.63) is 60.2 Å². The largest absolute Gasteiger partial charge is 0.457 e. The van der Waals surface area contributed by atoms with Crippen molar-refractivity contribution in [3.63, 3.8) is 0 Å². The molecule has 5 heteroatoms. The Morgan fingerprint density at radius 2 is 1.67 bits per heavy atom. The molecule has 1 unspecified atom stereocenters. The number of unbranched alkanes of at least 4 members (excludes halogenated alkanes) is 2. The molecule has 0 aliphatic carbocycles. The second kappa shape index (κ2) is 9.24. The van der Waals surface area contributed by atoms with Crippen molar-refractivity contribution in [1.82, 2.24) is 0 Å². The zero-order valence-corrected chi connectivity index (χ0v) is 20.5. The van der Waals surface area contributed by atoms with Gasteiger partial charge >= 0.3 is 5.97 Å². The van der Waals surface area contributed by atoms with E-state index < -0.39 is 12.1 Å². The fraction of sp³-hybridized carbons (Fsp3) is 0.286. The molecule has 0 saturated carbocycles. The summed E-state index contributed by atoms with van der Waals surface area (Å²) in [6.07, 6.45) is 2.84. The monoisotopic (exact) mass is 474 g/mol. The zero-order valence-electron chi connectivity index (χ0n) is 18.9. The molecule has 0 aliphatic rings. The maximum absolute atomic E-state index is 12.2. The van der Waals surface area contributed by atoms with E-state index in [9.17, 15) is 9.59 Å². The Balaban J connectivity index is 1.38. The molecule has 168 valence electrons. The van der Waals surface area contributed by atoms with Crippen LogP contribution in [0.5, 0.6) is 0 Å². The molecule has 33 heavy (non-hydrogen) atoms. The number of benzene rings is 3.